The van der Waals surface area contributed by atoms with Crippen LogP contribution in [0.3, 0.4) is 0 Å². The van der Waals surface area contributed by atoms with E-state index in [2.05, 4.69) is 11.4 Å². The fourth-order valence-corrected chi connectivity index (χ4v) is 1.60. The lowest BCUT2D eigenvalue weighted by Crippen LogP contribution is -1.97. The zero-order valence-corrected chi connectivity index (χ0v) is 9.03. The van der Waals surface area contributed by atoms with E-state index in [0.29, 0.717) is 6.54 Å². The summed E-state index contributed by atoms with van der Waals surface area (Å²) >= 11 is 0. The second-order valence-electron chi connectivity index (χ2n) is 3.44. The fourth-order valence-electron chi connectivity index (χ4n) is 1.60. The van der Waals surface area contributed by atoms with E-state index in [4.69, 9.17) is 10.00 Å². The number of anilines is 1. The molecule has 3 nitrogen and oxygen atoms in total. The van der Waals surface area contributed by atoms with E-state index in [1.807, 2.05) is 36.4 Å². The van der Waals surface area contributed by atoms with E-state index in [-0.39, 0.29) is 0 Å². The zero-order valence-electron chi connectivity index (χ0n) is 9.03. The highest BCUT2D eigenvalue weighted by Gasteiger charge is 1.98. The number of nitriles is 1. The summed E-state index contributed by atoms with van der Waals surface area (Å²) < 4.78 is 5.16. The normalized spacial score (nSPS) is 9.75. The second-order valence-corrected chi connectivity index (χ2v) is 3.44. The molecule has 0 atom stereocenters. The molecule has 0 radical (unpaired) electrons. The van der Waals surface area contributed by atoms with Crippen molar-refractivity contribution in [2.45, 2.75) is 0 Å². The molecule has 0 unspecified atom stereocenters. The third-order valence-corrected chi connectivity index (χ3v) is 2.42. The first kappa shape index (κ1) is 10.3. The van der Waals surface area contributed by atoms with Gasteiger partial charge in [-0.1, -0.05) is 12.1 Å². The predicted molar refractivity (Wildman–Crippen MR) is 64.6 cm³/mol. The van der Waals surface area contributed by atoms with E-state index in [1.54, 1.807) is 7.11 Å². The Morgan fingerprint density at radius 2 is 1.94 bits per heavy atom. The molecule has 0 bridgehead atoms. The molecule has 0 fully saturated rings. The van der Waals surface area contributed by atoms with Crippen LogP contribution in [0, 0.1) is 11.3 Å². The lowest BCUT2D eigenvalue weighted by atomic mass is 10.1. The minimum atomic E-state index is 0.321. The minimum Gasteiger partial charge on any atom is -0.497 e. The molecule has 0 saturated carbocycles. The molecule has 0 aliphatic carbocycles. The van der Waals surface area contributed by atoms with Crippen LogP contribution in [0.1, 0.15) is 0 Å². The van der Waals surface area contributed by atoms with Crippen molar-refractivity contribution < 1.29 is 4.74 Å². The standard InChI is InChI=1S/C13H12N2O/c1-16-13-5-3-10-8-12(15-7-6-14)4-2-11(10)9-13/h2-5,8-9,15H,7H2,1H3. The summed E-state index contributed by atoms with van der Waals surface area (Å²) in [5, 5.41) is 13.8. The summed E-state index contributed by atoms with van der Waals surface area (Å²) in [6, 6.07) is 14.0. The number of benzene rings is 2. The molecular formula is C13H12N2O. The topological polar surface area (TPSA) is 45.0 Å². The van der Waals surface area contributed by atoms with Gasteiger partial charge in [-0.3, -0.25) is 0 Å². The van der Waals surface area contributed by atoms with Gasteiger partial charge in [-0.05, 0) is 35.0 Å². The third-order valence-electron chi connectivity index (χ3n) is 2.42. The predicted octanol–water partition coefficient (Wildman–Crippen LogP) is 2.78. The third kappa shape index (κ3) is 2.06. The molecule has 2 aromatic rings. The Morgan fingerprint density at radius 1 is 1.19 bits per heavy atom. The smallest absolute Gasteiger partial charge is 0.119 e. The van der Waals surface area contributed by atoms with Crippen molar-refractivity contribution >= 4 is 16.5 Å². The average Bonchev–Trinajstić information content (AvgIpc) is 2.35. The van der Waals surface area contributed by atoms with Gasteiger partial charge >= 0.3 is 0 Å². The molecular weight excluding hydrogens is 200 g/mol. The maximum atomic E-state index is 8.48. The molecule has 0 spiro atoms. The molecule has 0 aliphatic rings. The Balaban J connectivity index is 2.36. The number of hydrogen-bond donors (Lipinski definition) is 1. The van der Waals surface area contributed by atoms with Gasteiger partial charge in [-0.15, -0.1) is 0 Å². The van der Waals surface area contributed by atoms with Crippen LogP contribution in [0.15, 0.2) is 36.4 Å². The maximum Gasteiger partial charge on any atom is 0.119 e. The van der Waals surface area contributed by atoms with E-state index < -0.39 is 0 Å². The van der Waals surface area contributed by atoms with Gasteiger partial charge in [-0.25, -0.2) is 0 Å². The van der Waals surface area contributed by atoms with E-state index in [1.165, 1.54) is 0 Å². The molecule has 3 heteroatoms. The molecule has 0 aromatic heterocycles. The van der Waals surface area contributed by atoms with E-state index >= 15 is 0 Å². The highest BCUT2D eigenvalue weighted by atomic mass is 16.5. The van der Waals surface area contributed by atoms with Crippen molar-refractivity contribution in [3.05, 3.63) is 36.4 Å². The van der Waals surface area contributed by atoms with Gasteiger partial charge in [0.05, 0.1) is 13.2 Å². The molecule has 16 heavy (non-hydrogen) atoms. The van der Waals surface area contributed by atoms with Gasteiger partial charge in [0, 0.05) is 5.69 Å². The molecule has 2 rings (SSSR count). The number of nitrogens with zero attached hydrogens (tertiary/aromatic N) is 1. The molecule has 0 aliphatic heterocycles. The van der Waals surface area contributed by atoms with Crippen LogP contribution in [0.25, 0.3) is 10.8 Å². The maximum absolute atomic E-state index is 8.48. The monoisotopic (exact) mass is 212 g/mol. The molecule has 2 aromatic carbocycles. The summed E-state index contributed by atoms with van der Waals surface area (Å²) in [5.74, 6) is 0.852. The molecule has 80 valence electrons. The van der Waals surface area contributed by atoms with E-state index in [0.717, 1.165) is 22.2 Å². The molecule has 0 heterocycles. The van der Waals surface area contributed by atoms with Crippen LogP contribution in [0.4, 0.5) is 5.69 Å². The number of hydrogen-bond acceptors (Lipinski definition) is 3. The van der Waals surface area contributed by atoms with Crippen LogP contribution in [-0.4, -0.2) is 13.7 Å². The Hall–Kier alpha value is -2.21. The molecule has 1 N–H and O–H groups in total. The van der Waals surface area contributed by atoms with Crippen molar-refractivity contribution in [3.8, 4) is 11.8 Å². The summed E-state index contributed by atoms with van der Waals surface area (Å²) in [4.78, 5) is 0. The highest BCUT2D eigenvalue weighted by Crippen LogP contribution is 2.23. The number of ether oxygens (including phenoxy) is 1. The van der Waals surface area contributed by atoms with Crippen LogP contribution >= 0.6 is 0 Å². The zero-order chi connectivity index (χ0) is 11.4. The first-order chi connectivity index (χ1) is 7.83. The van der Waals surface area contributed by atoms with Crippen LogP contribution in [0.2, 0.25) is 0 Å². The van der Waals surface area contributed by atoms with Gasteiger partial charge in [0.15, 0.2) is 0 Å². The summed E-state index contributed by atoms with van der Waals surface area (Å²) in [6.07, 6.45) is 0. The number of rotatable bonds is 3. The van der Waals surface area contributed by atoms with Gasteiger partial charge in [0.1, 0.15) is 12.3 Å². The second kappa shape index (κ2) is 4.54. The lowest BCUT2D eigenvalue weighted by Gasteiger charge is -2.05. The van der Waals surface area contributed by atoms with Crippen LogP contribution < -0.4 is 10.1 Å². The van der Waals surface area contributed by atoms with Crippen molar-refractivity contribution in [1.82, 2.24) is 0 Å². The largest absolute Gasteiger partial charge is 0.497 e. The molecule has 0 saturated heterocycles. The van der Waals surface area contributed by atoms with Gasteiger partial charge < -0.3 is 10.1 Å². The highest BCUT2D eigenvalue weighted by molar-refractivity contribution is 5.86. The first-order valence-corrected chi connectivity index (χ1v) is 5.02. The van der Waals surface area contributed by atoms with Crippen molar-refractivity contribution in [3.63, 3.8) is 0 Å². The number of fused-ring (bicyclic) bond motifs is 1. The number of nitrogens with one attached hydrogen (secondary N) is 1. The minimum absolute atomic E-state index is 0.321. The van der Waals surface area contributed by atoms with Gasteiger partial charge in [0.2, 0.25) is 0 Å². The van der Waals surface area contributed by atoms with Crippen LogP contribution in [-0.2, 0) is 0 Å². The quantitative estimate of drug-likeness (QED) is 0.796. The fraction of sp³-hybridized carbons (Fsp3) is 0.154. The summed E-state index contributed by atoms with van der Waals surface area (Å²) in [6.45, 7) is 0.321. The lowest BCUT2D eigenvalue weighted by molar-refractivity contribution is 0.415. The average molecular weight is 212 g/mol. The van der Waals surface area contributed by atoms with Crippen molar-refractivity contribution in [2.75, 3.05) is 19.0 Å². The first-order valence-electron chi connectivity index (χ1n) is 5.02. The Bertz CT molecular complexity index is 543. The Labute approximate surface area is 94.3 Å². The molecule has 0 amide bonds. The Morgan fingerprint density at radius 3 is 2.69 bits per heavy atom. The van der Waals surface area contributed by atoms with Gasteiger partial charge in [0.25, 0.3) is 0 Å². The van der Waals surface area contributed by atoms with Gasteiger partial charge in [-0.2, -0.15) is 5.26 Å². The van der Waals surface area contributed by atoms with Crippen molar-refractivity contribution in [1.29, 1.82) is 5.26 Å². The summed E-state index contributed by atoms with van der Waals surface area (Å²) in [5.41, 5.74) is 0.958. The number of methoxy groups -OCH3 is 1. The van der Waals surface area contributed by atoms with Crippen molar-refractivity contribution in [2.24, 2.45) is 0 Å². The SMILES string of the molecule is COc1ccc2cc(NCC#N)ccc2c1. The summed E-state index contributed by atoms with van der Waals surface area (Å²) in [7, 11) is 1.66. The van der Waals surface area contributed by atoms with E-state index in [9.17, 15) is 0 Å². The van der Waals surface area contributed by atoms with Crippen LogP contribution in [0.5, 0.6) is 5.75 Å². The Kier molecular flexibility index (Phi) is 2.93.